The number of halogens is 2. The van der Waals surface area contributed by atoms with Crippen molar-refractivity contribution in [3.05, 3.63) is 57.1 Å². The normalized spacial score (nSPS) is 20.9. The number of benzene rings is 1. The molecule has 2 fully saturated rings. The number of aromatic amines is 1. The Balaban J connectivity index is 1.40. The quantitative estimate of drug-likeness (QED) is 0.219. The lowest BCUT2D eigenvalue weighted by molar-refractivity contribution is -0.114. The zero-order chi connectivity index (χ0) is 31.1. The first-order chi connectivity index (χ1) is 20.4. The molecule has 5 rings (SSSR count). The summed E-state index contributed by atoms with van der Waals surface area (Å²) in [4.78, 5) is 41.9. The standard InChI is InChI=1S/C32H41F2N5O3S/c1-17-12-28(43-5)26(30(41)36-17)16-35-31(42)29-19(3)39(27-11-10-23(13-25(27)29)37-20(4)40)18(2)21-6-8-22(9-7-21)38-24-14-32(33,34)15-24/h10-13,18,21-22,24,38H,6-9,14-16H2,1-5H3,(H,35,42)(H,36,41)(H,37,40)/t18-,21?,22?/m1/s1. The summed E-state index contributed by atoms with van der Waals surface area (Å²) in [5, 5.41) is 9.97. The number of hydrogen-bond donors (Lipinski definition) is 4. The van der Waals surface area contributed by atoms with Crippen molar-refractivity contribution in [2.75, 3.05) is 11.6 Å². The molecule has 3 aromatic rings. The van der Waals surface area contributed by atoms with Gasteiger partial charge in [-0.3, -0.25) is 14.4 Å². The largest absolute Gasteiger partial charge is 0.348 e. The number of amides is 2. The first-order valence-corrected chi connectivity index (χ1v) is 16.2. The zero-order valence-corrected chi connectivity index (χ0v) is 26.2. The molecule has 0 unspecified atom stereocenters. The third-order valence-corrected chi connectivity index (χ3v) is 9.90. The van der Waals surface area contributed by atoms with E-state index in [1.165, 1.54) is 18.7 Å². The van der Waals surface area contributed by atoms with Gasteiger partial charge < -0.3 is 25.5 Å². The van der Waals surface area contributed by atoms with Crippen LogP contribution in [0.4, 0.5) is 14.5 Å². The Bertz CT molecular complexity index is 1580. The summed E-state index contributed by atoms with van der Waals surface area (Å²) < 4.78 is 28.8. The minimum atomic E-state index is -2.52. The van der Waals surface area contributed by atoms with Gasteiger partial charge in [-0.15, -0.1) is 11.8 Å². The average Bonchev–Trinajstić information content (AvgIpc) is 3.21. The number of rotatable bonds is 9. The number of hydrogen-bond acceptors (Lipinski definition) is 5. The average molecular weight is 614 g/mol. The lowest BCUT2D eigenvalue weighted by Gasteiger charge is -2.41. The molecule has 2 aromatic heterocycles. The predicted octanol–water partition coefficient (Wildman–Crippen LogP) is 6.06. The van der Waals surface area contributed by atoms with E-state index in [0.717, 1.165) is 52.9 Å². The number of carbonyl (C=O) groups excluding carboxylic acids is 2. The van der Waals surface area contributed by atoms with Crippen LogP contribution in [0.25, 0.3) is 10.9 Å². The van der Waals surface area contributed by atoms with Crippen molar-refractivity contribution in [2.24, 2.45) is 5.92 Å². The van der Waals surface area contributed by atoms with E-state index in [1.807, 2.05) is 44.4 Å². The maximum absolute atomic E-state index is 13.8. The van der Waals surface area contributed by atoms with Crippen LogP contribution in [0, 0.1) is 19.8 Å². The molecule has 2 heterocycles. The summed E-state index contributed by atoms with van der Waals surface area (Å²) in [5.41, 5.74) is 3.89. The van der Waals surface area contributed by atoms with Gasteiger partial charge in [-0.1, -0.05) is 0 Å². The van der Waals surface area contributed by atoms with Crippen LogP contribution in [-0.2, 0) is 11.3 Å². The Morgan fingerprint density at radius 3 is 2.44 bits per heavy atom. The summed E-state index contributed by atoms with van der Waals surface area (Å²) in [6.45, 7) is 7.48. The van der Waals surface area contributed by atoms with Crippen LogP contribution >= 0.6 is 11.8 Å². The number of nitrogens with zero attached hydrogens (tertiary/aromatic N) is 1. The third kappa shape index (κ3) is 6.67. The van der Waals surface area contributed by atoms with E-state index in [0.29, 0.717) is 22.7 Å². The van der Waals surface area contributed by atoms with E-state index in [1.54, 1.807) is 0 Å². The van der Waals surface area contributed by atoms with Crippen LogP contribution in [-0.4, -0.2) is 45.6 Å². The highest BCUT2D eigenvalue weighted by molar-refractivity contribution is 7.98. The smallest absolute Gasteiger partial charge is 0.254 e. The van der Waals surface area contributed by atoms with E-state index >= 15 is 0 Å². The fourth-order valence-corrected chi connectivity index (χ4v) is 7.63. The van der Waals surface area contributed by atoms with Gasteiger partial charge in [-0.2, -0.15) is 0 Å². The number of anilines is 1. The minimum absolute atomic E-state index is 0.0694. The lowest BCUT2D eigenvalue weighted by atomic mass is 9.80. The van der Waals surface area contributed by atoms with Gasteiger partial charge in [0.15, 0.2) is 0 Å². The first-order valence-electron chi connectivity index (χ1n) is 15.0. The van der Waals surface area contributed by atoms with Gasteiger partial charge in [0.05, 0.1) is 5.56 Å². The second-order valence-electron chi connectivity index (χ2n) is 12.2. The van der Waals surface area contributed by atoms with Gasteiger partial charge >= 0.3 is 0 Å². The summed E-state index contributed by atoms with van der Waals surface area (Å²) in [5.74, 6) is -2.65. The third-order valence-electron chi connectivity index (χ3n) is 9.09. The van der Waals surface area contributed by atoms with Crippen molar-refractivity contribution in [2.45, 2.75) is 102 Å². The fourth-order valence-electron chi connectivity index (χ4n) is 6.92. The number of alkyl halides is 2. The molecule has 2 aliphatic rings. The highest BCUT2D eigenvalue weighted by Crippen LogP contribution is 2.41. The van der Waals surface area contributed by atoms with Crippen LogP contribution in [0.1, 0.15) is 85.7 Å². The SMILES string of the molecule is CSc1cc(C)[nH]c(=O)c1CNC(=O)c1c(C)n([C@H](C)C2CCC(NC3CC(F)(F)C3)CC2)c2ccc(NC(C)=O)cc12. The van der Waals surface area contributed by atoms with Crippen molar-refractivity contribution in [1.29, 1.82) is 0 Å². The zero-order valence-electron chi connectivity index (χ0n) is 25.4. The minimum Gasteiger partial charge on any atom is -0.348 e. The van der Waals surface area contributed by atoms with Gasteiger partial charge in [-0.05, 0) is 82.9 Å². The number of nitrogens with one attached hydrogen (secondary N) is 4. The van der Waals surface area contributed by atoms with Crippen LogP contribution in [0.5, 0.6) is 0 Å². The number of fused-ring (bicyclic) bond motifs is 1. The molecule has 232 valence electrons. The predicted molar refractivity (Wildman–Crippen MR) is 167 cm³/mol. The maximum Gasteiger partial charge on any atom is 0.254 e. The van der Waals surface area contributed by atoms with E-state index in [-0.39, 0.29) is 54.9 Å². The Labute approximate surface area is 254 Å². The first kappa shape index (κ1) is 31.3. The molecule has 2 saturated carbocycles. The van der Waals surface area contributed by atoms with Crippen LogP contribution < -0.4 is 21.5 Å². The number of thioether (sulfide) groups is 1. The summed E-state index contributed by atoms with van der Waals surface area (Å²) >= 11 is 1.46. The van der Waals surface area contributed by atoms with Gasteiger partial charge in [-0.25, -0.2) is 8.78 Å². The monoisotopic (exact) mass is 613 g/mol. The number of aryl methyl sites for hydroxylation is 1. The van der Waals surface area contributed by atoms with Crippen LogP contribution in [0.3, 0.4) is 0 Å². The Morgan fingerprint density at radius 2 is 1.81 bits per heavy atom. The summed E-state index contributed by atoms with van der Waals surface area (Å²) in [6.07, 6.45) is 5.54. The topological polar surface area (TPSA) is 108 Å². The molecule has 1 atom stereocenters. The van der Waals surface area contributed by atoms with E-state index < -0.39 is 5.92 Å². The molecule has 2 aliphatic carbocycles. The second kappa shape index (κ2) is 12.4. The highest BCUT2D eigenvalue weighted by Gasteiger charge is 2.46. The number of aromatic nitrogens is 2. The fraction of sp³-hybridized carbons (Fsp3) is 0.531. The molecule has 0 spiro atoms. The number of H-pyrrole nitrogens is 1. The molecule has 1 aromatic carbocycles. The molecule has 2 amide bonds. The van der Waals surface area contributed by atoms with Crippen molar-refractivity contribution in [1.82, 2.24) is 20.2 Å². The highest BCUT2D eigenvalue weighted by atomic mass is 32.2. The molecule has 0 aliphatic heterocycles. The van der Waals surface area contributed by atoms with Crippen LogP contribution in [0.15, 0.2) is 34.0 Å². The number of carbonyl (C=O) groups is 2. The molecule has 0 bridgehead atoms. The molecule has 4 N–H and O–H groups in total. The molecule has 11 heteroatoms. The Kier molecular flexibility index (Phi) is 9.04. The maximum atomic E-state index is 13.8. The molecular weight excluding hydrogens is 572 g/mol. The van der Waals surface area contributed by atoms with Gasteiger partial charge in [0.25, 0.3) is 17.4 Å². The Morgan fingerprint density at radius 1 is 1.12 bits per heavy atom. The Hall–Kier alpha value is -3.18. The van der Waals surface area contributed by atoms with Crippen molar-refractivity contribution < 1.29 is 18.4 Å². The van der Waals surface area contributed by atoms with Gasteiger partial charge in [0, 0.05) is 82.9 Å². The van der Waals surface area contributed by atoms with Gasteiger partial charge in [0.1, 0.15) is 0 Å². The summed E-state index contributed by atoms with van der Waals surface area (Å²) in [6, 6.07) is 7.78. The molecular formula is C32H41F2N5O3S. The van der Waals surface area contributed by atoms with Crippen molar-refractivity contribution >= 4 is 40.2 Å². The molecule has 8 nitrogen and oxygen atoms in total. The molecule has 0 saturated heterocycles. The van der Waals surface area contributed by atoms with E-state index in [2.05, 4.69) is 32.4 Å². The van der Waals surface area contributed by atoms with Gasteiger partial charge in [0.2, 0.25) is 5.91 Å². The van der Waals surface area contributed by atoms with Crippen LogP contribution in [0.2, 0.25) is 0 Å². The second-order valence-corrected chi connectivity index (χ2v) is 13.1. The van der Waals surface area contributed by atoms with E-state index in [4.69, 9.17) is 0 Å². The number of pyridine rings is 1. The van der Waals surface area contributed by atoms with Crippen molar-refractivity contribution in [3.63, 3.8) is 0 Å². The summed E-state index contributed by atoms with van der Waals surface area (Å²) in [7, 11) is 0. The van der Waals surface area contributed by atoms with E-state index in [9.17, 15) is 23.2 Å². The molecule has 43 heavy (non-hydrogen) atoms. The lowest BCUT2D eigenvalue weighted by Crippen LogP contribution is -2.52. The van der Waals surface area contributed by atoms with Crippen molar-refractivity contribution in [3.8, 4) is 0 Å². The molecule has 0 radical (unpaired) electrons.